The van der Waals surface area contributed by atoms with E-state index in [1.54, 1.807) is 34.6 Å². The number of nitrogens with one attached hydrogen (secondary N) is 1. The van der Waals surface area contributed by atoms with Crippen LogP contribution in [0.4, 0.5) is 5.69 Å². The number of aromatic nitrogens is 1. The number of rotatable bonds is 7. The molecule has 1 amide bonds. The smallest absolute Gasteiger partial charge is 0.256 e. The van der Waals surface area contributed by atoms with E-state index in [2.05, 4.69) is 17.4 Å². The second kappa shape index (κ2) is 10.1. The van der Waals surface area contributed by atoms with E-state index in [1.807, 2.05) is 31.2 Å². The Kier molecular flexibility index (Phi) is 7.21. The van der Waals surface area contributed by atoms with Gasteiger partial charge in [-0.25, -0.2) is 8.42 Å². The fourth-order valence-electron chi connectivity index (χ4n) is 3.70. The molecule has 2 aromatic carbocycles. The second-order valence-electron chi connectivity index (χ2n) is 8.28. The lowest BCUT2D eigenvalue weighted by atomic mass is 10.0. The minimum Gasteiger partial charge on any atom is -0.361 e. The third-order valence-corrected chi connectivity index (χ3v) is 8.70. The molecule has 7 nitrogen and oxygen atoms in total. The largest absolute Gasteiger partial charge is 0.361 e. The zero-order valence-corrected chi connectivity index (χ0v) is 20.3. The highest BCUT2D eigenvalue weighted by atomic mass is 32.2. The number of benzene rings is 2. The van der Waals surface area contributed by atoms with Gasteiger partial charge in [-0.05, 0) is 62.1 Å². The van der Waals surface area contributed by atoms with E-state index in [0.717, 1.165) is 29.2 Å². The van der Waals surface area contributed by atoms with Crippen molar-refractivity contribution in [2.75, 3.05) is 18.4 Å². The van der Waals surface area contributed by atoms with Gasteiger partial charge in [0.2, 0.25) is 10.0 Å². The van der Waals surface area contributed by atoms with E-state index >= 15 is 0 Å². The van der Waals surface area contributed by atoms with Crippen molar-refractivity contribution in [3.63, 3.8) is 0 Å². The number of anilines is 1. The summed E-state index contributed by atoms with van der Waals surface area (Å²) in [6.07, 6.45) is 1.75. The Morgan fingerprint density at radius 3 is 2.52 bits per heavy atom. The second-order valence-corrected chi connectivity index (χ2v) is 11.2. The first kappa shape index (κ1) is 23.5. The van der Waals surface area contributed by atoms with Gasteiger partial charge in [0, 0.05) is 35.5 Å². The summed E-state index contributed by atoms with van der Waals surface area (Å²) in [4.78, 5) is 14.0. The van der Waals surface area contributed by atoms with E-state index in [1.165, 1.54) is 11.8 Å². The maximum absolute atomic E-state index is 12.9. The normalized spacial score (nSPS) is 15.5. The molecular weight excluding hydrogens is 458 g/mol. The topological polar surface area (TPSA) is 92.5 Å². The first-order valence-corrected chi connectivity index (χ1v) is 13.3. The Labute approximate surface area is 198 Å². The fourth-order valence-corrected chi connectivity index (χ4v) is 6.10. The lowest BCUT2D eigenvalue weighted by Crippen LogP contribution is -2.37. The standard InChI is InChI=1S/C24H27N3O4S2/c1-17-11-13-27(14-12-17)33(29,30)21-9-7-19(8-10-21)25-24(28)22-5-3-4-6-23(22)32-16-20-15-18(2)31-26-20/h3-10,15,17H,11-14,16H2,1-2H3,(H,25,28). The van der Waals surface area contributed by atoms with Crippen LogP contribution in [0.3, 0.4) is 0 Å². The maximum atomic E-state index is 12.9. The molecule has 2 heterocycles. The lowest BCUT2D eigenvalue weighted by Gasteiger charge is -2.29. The Balaban J connectivity index is 1.43. The van der Waals surface area contributed by atoms with E-state index in [4.69, 9.17) is 4.52 Å². The van der Waals surface area contributed by atoms with Gasteiger partial charge in [0.1, 0.15) is 5.76 Å². The number of thioether (sulfide) groups is 1. The van der Waals surface area contributed by atoms with Gasteiger partial charge >= 0.3 is 0 Å². The Morgan fingerprint density at radius 2 is 1.85 bits per heavy atom. The molecule has 0 unspecified atom stereocenters. The number of aryl methyl sites for hydroxylation is 1. The predicted octanol–water partition coefficient (Wildman–Crippen LogP) is 4.95. The van der Waals surface area contributed by atoms with Crippen molar-refractivity contribution in [1.82, 2.24) is 9.46 Å². The van der Waals surface area contributed by atoms with Crippen LogP contribution >= 0.6 is 11.8 Å². The van der Waals surface area contributed by atoms with Crippen molar-refractivity contribution in [1.29, 1.82) is 0 Å². The monoisotopic (exact) mass is 485 g/mol. The van der Waals surface area contributed by atoms with Crippen molar-refractivity contribution in [3.05, 3.63) is 71.6 Å². The first-order chi connectivity index (χ1) is 15.8. The number of amides is 1. The van der Waals surface area contributed by atoms with Crippen LogP contribution in [0, 0.1) is 12.8 Å². The highest BCUT2D eigenvalue weighted by molar-refractivity contribution is 7.98. The molecule has 1 saturated heterocycles. The Morgan fingerprint density at radius 1 is 1.15 bits per heavy atom. The number of piperidine rings is 1. The fraction of sp³-hybridized carbons (Fsp3) is 0.333. The van der Waals surface area contributed by atoms with Crippen LogP contribution in [-0.4, -0.2) is 36.9 Å². The van der Waals surface area contributed by atoms with Crippen molar-refractivity contribution in [2.45, 2.75) is 42.2 Å². The van der Waals surface area contributed by atoms with Gasteiger partial charge in [-0.15, -0.1) is 11.8 Å². The van der Waals surface area contributed by atoms with Crippen LogP contribution in [0.5, 0.6) is 0 Å². The van der Waals surface area contributed by atoms with Crippen molar-refractivity contribution in [3.8, 4) is 0 Å². The SMILES string of the molecule is Cc1cc(CSc2ccccc2C(=O)Nc2ccc(S(=O)(=O)N3CCC(C)CC3)cc2)no1. The molecular formula is C24H27N3O4S2. The van der Waals surface area contributed by atoms with Crippen LogP contribution in [-0.2, 0) is 15.8 Å². The van der Waals surface area contributed by atoms with Crippen LogP contribution in [0.15, 0.2) is 68.9 Å². The molecule has 0 radical (unpaired) electrons. The lowest BCUT2D eigenvalue weighted by molar-refractivity contribution is 0.102. The van der Waals surface area contributed by atoms with Crippen LogP contribution in [0.25, 0.3) is 0 Å². The average molecular weight is 486 g/mol. The third-order valence-electron chi connectivity index (χ3n) is 5.68. The summed E-state index contributed by atoms with van der Waals surface area (Å²) in [5, 5.41) is 6.86. The van der Waals surface area contributed by atoms with E-state index in [-0.39, 0.29) is 10.8 Å². The molecule has 1 aliphatic rings. The summed E-state index contributed by atoms with van der Waals surface area (Å²) in [5.41, 5.74) is 1.90. The third kappa shape index (κ3) is 5.66. The Hall–Kier alpha value is -2.62. The minimum absolute atomic E-state index is 0.244. The van der Waals surface area contributed by atoms with Gasteiger partial charge < -0.3 is 9.84 Å². The van der Waals surface area contributed by atoms with E-state index in [0.29, 0.717) is 36.0 Å². The van der Waals surface area contributed by atoms with Crippen molar-refractivity contribution < 1.29 is 17.7 Å². The predicted molar refractivity (Wildman–Crippen MR) is 129 cm³/mol. The first-order valence-electron chi connectivity index (χ1n) is 10.9. The zero-order valence-electron chi connectivity index (χ0n) is 18.7. The van der Waals surface area contributed by atoms with Crippen LogP contribution < -0.4 is 5.32 Å². The van der Waals surface area contributed by atoms with E-state index in [9.17, 15) is 13.2 Å². The van der Waals surface area contributed by atoms with Gasteiger partial charge in [0.05, 0.1) is 16.2 Å². The molecule has 1 aromatic heterocycles. The minimum atomic E-state index is -3.52. The number of carbonyl (C=O) groups is 1. The molecule has 3 aromatic rings. The molecule has 0 atom stereocenters. The molecule has 0 saturated carbocycles. The molecule has 0 spiro atoms. The van der Waals surface area contributed by atoms with Gasteiger partial charge in [-0.1, -0.05) is 24.2 Å². The number of sulfonamides is 1. The summed E-state index contributed by atoms with van der Waals surface area (Å²) < 4.78 is 32.5. The molecule has 9 heteroatoms. The molecule has 1 N–H and O–H groups in total. The van der Waals surface area contributed by atoms with Crippen molar-refractivity contribution >= 4 is 33.4 Å². The van der Waals surface area contributed by atoms with E-state index < -0.39 is 10.0 Å². The van der Waals surface area contributed by atoms with Crippen LogP contribution in [0.2, 0.25) is 0 Å². The average Bonchev–Trinajstić information content (AvgIpc) is 3.23. The quantitative estimate of drug-likeness (QED) is 0.476. The number of hydrogen-bond donors (Lipinski definition) is 1. The van der Waals surface area contributed by atoms with Gasteiger partial charge in [0.15, 0.2) is 0 Å². The zero-order chi connectivity index (χ0) is 23.4. The van der Waals surface area contributed by atoms with Crippen molar-refractivity contribution in [2.24, 2.45) is 5.92 Å². The molecule has 1 fully saturated rings. The molecule has 0 bridgehead atoms. The molecule has 0 aliphatic carbocycles. The molecule has 33 heavy (non-hydrogen) atoms. The highest BCUT2D eigenvalue weighted by Crippen LogP contribution is 2.28. The summed E-state index contributed by atoms with van der Waals surface area (Å²) >= 11 is 1.51. The van der Waals surface area contributed by atoms with Gasteiger partial charge in [-0.3, -0.25) is 4.79 Å². The Bertz CT molecular complexity index is 1210. The van der Waals surface area contributed by atoms with Gasteiger partial charge in [0.25, 0.3) is 5.91 Å². The molecule has 174 valence electrons. The van der Waals surface area contributed by atoms with Crippen LogP contribution in [0.1, 0.15) is 41.6 Å². The highest BCUT2D eigenvalue weighted by Gasteiger charge is 2.28. The summed E-state index contributed by atoms with van der Waals surface area (Å²) in [6.45, 7) is 5.08. The number of hydrogen-bond acceptors (Lipinski definition) is 6. The summed E-state index contributed by atoms with van der Waals surface area (Å²) in [7, 11) is -3.52. The number of carbonyl (C=O) groups excluding carboxylic acids is 1. The maximum Gasteiger partial charge on any atom is 0.256 e. The molecule has 4 rings (SSSR count). The summed E-state index contributed by atoms with van der Waals surface area (Å²) in [5.74, 6) is 1.63. The number of nitrogens with zero attached hydrogens (tertiary/aromatic N) is 2. The summed E-state index contributed by atoms with van der Waals surface area (Å²) in [6, 6.07) is 15.6. The molecule has 1 aliphatic heterocycles. The van der Waals surface area contributed by atoms with Gasteiger partial charge in [-0.2, -0.15) is 4.31 Å².